The summed E-state index contributed by atoms with van der Waals surface area (Å²) in [7, 11) is 0. The topological polar surface area (TPSA) is 134 Å². The van der Waals surface area contributed by atoms with Gasteiger partial charge in [-0.2, -0.15) is 0 Å². The molecule has 0 amide bonds. The number of aliphatic hydroxyl groups excluding tert-OH is 2. The molecule has 2 rings (SSSR count). The Balaban J connectivity index is 2.71. The van der Waals surface area contributed by atoms with E-state index in [1.54, 1.807) is 24.3 Å². The van der Waals surface area contributed by atoms with Crippen molar-refractivity contribution >= 4 is 44.7 Å². The first-order chi connectivity index (χ1) is 10.6. The van der Waals surface area contributed by atoms with E-state index in [-0.39, 0.29) is 12.0 Å². The predicted molar refractivity (Wildman–Crippen MR) is 86.0 cm³/mol. The van der Waals surface area contributed by atoms with Crippen LogP contribution < -0.4 is 0 Å². The maximum atomic E-state index is 11.0. The summed E-state index contributed by atoms with van der Waals surface area (Å²) in [5, 5.41) is 48.1. The van der Waals surface area contributed by atoms with Gasteiger partial charge in [0.2, 0.25) is 5.06 Å². The van der Waals surface area contributed by atoms with Gasteiger partial charge in [-0.05, 0) is 33.4 Å². The van der Waals surface area contributed by atoms with Gasteiger partial charge in [0.05, 0.1) is 12.3 Å². The SMILES string of the molecule is O=CC(O)C(O)(c1cc2ccccc2[nH]1)[C@@](O)(Cl)[C@@](O)(Br)CO. The van der Waals surface area contributed by atoms with E-state index in [9.17, 15) is 30.3 Å². The lowest BCUT2D eigenvalue weighted by atomic mass is 9.83. The molecule has 0 aliphatic heterocycles. The van der Waals surface area contributed by atoms with Gasteiger partial charge in [0.25, 0.3) is 0 Å². The number of aromatic amines is 1. The lowest BCUT2D eigenvalue weighted by molar-refractivity contribution is -0.215. The largest absolute Gasteiger partial charge is 0.392 e. The van der Waals surface area contributed by atoms with Gasteiger partial charge in [-0.15, -0.1) is 0 Å². The van der Waals surface area contributed by atoms with Crippen LogP contribution in [0, 0.1) is 0 Å². The highest BCUT2D eigenvalue weighted by molar-refractivity contribution is 9.10. The molecule has 0 saturated heterocycles. The Bertz CT molecular complexity index is 685. The fourth-order valence-corrected chi connectivity index (χ4v) is 2.88. The predicted octanol–water partition coefficient (Wildman–Crippen LogP) is -0.0815. The van der Waals surface area contributed by atoms with Crippen LogP contribution in [-0.4, -0.2) is 59.1 Å². The number of halogens is 2. The summed E-state index contributed by atoms with van der Waals surface area (Å²) in [5.41, 5.74) is -2.54. The maximum Gasteiger partial charge on any atom is 0.217 e. The normalized spacial score (nSPS) is 21.2. The number of hydrogen-bond donors (Lipinski definition) is 6. The molecule has 0 saturated carbocycles. The Morgan fingerprint density at radius 2 is 1.91 bits per heavy atom. The quantitative estimate of drug-likeness (QED) is 0.292. The third kappa shape index (κ3) is 2.70. The third-order valence-electron chi connectivity index (χ3n) is 3.72. The molecule has 0 aliphatic carbocycles. The van der Waals surface area contributed by atoms with E-state index in [0.717, 1.165) is 0 Å². The molecule has 23 heavy (non-hydrogen) atoms. The van der Waals surface area contributed by atoms with Crippen LogP contribution in [0.1, 0.15) is 5.69 Å². The van der Waals surface area contributed by atoms with Crippen molar-refractivity contribution in [3.63, 3.8) is 0 Å². The van der Waals surface area contributed by atoms with Crippen molar-refractivity contribution in [2.24, 2.45) is 0 Å². The highest BCUT2D eigenvalue weighted by atomic mass is 79.9. The molecule has 1 heterocycles. The Morgan fingerprint density at radius 1 is 1.30 bits per heavy atom. The molecule has 6 N–H and O–H groups in total. The van der Waals surface area contributed by atoms with Crippen molar-refractivity contribution < 1.29 is 30.3 Å². The minimum atomic E-state index is -3.06. The zero-order valence-electron chi connectivity index (χ0n) is 11.6. The minimum Gasteiger partial charge on any atom is -0.392 e. The molecule has 1 aromatic heterocycles. The molecule has 1 aromatic carbocycles. The average molecular weight is 409 g/mol. The third-order valence-corrected chi connectivity index (χ3v) is 5.37. The number of aromatic nitrogens is 1. The van der Waals surface area contributed by atoms with Crippen LogP contribution in [0.2, 0.25) is 0 Å². The van der Waals surface area contributed by atoms with Gasteiger partial charge in [0, 0.05) is 5.52 Å². The molecule has 126 valence electrons. The first-order valence-corrected chi connectivity index (χ1v) is 7.66. The number of hydrogen-bond acceptors (Lipinski definition) is 6. The Kier molecular flexibility index (Phi) is 4.89. The van der Waals surface area contributed by atoms with Crippen LogP contribution in [0.25, 0.3) is 10.9 Å². The molecule has 0 fully saturated rings. The molecule has 7 nitrogen and oxygen atoms in total. The van der Waals surface area contributed by atoms with E-state index >= 15 is 0 Å². The number of para-hydroxylation sites is 1. The number of alkyl halides is 2. The minimum absolute atomic E-state index is 0.0424. The van der Waals surface area contributed by atoms with Gasteiger partial charge in [0.15, 0.2) is 16.4 Å². The van der Waals surface area contributed by atoms with E-state index in [1.165, 1.54) is 6.07 Å². The van der Waals surface area contributed by atoms with Gasteiger partial charge in [0.1, 0.15) is 6.10 Å². The lowest BCUT2D eigenvalue weighted by Gasteiger charge is -2.45. The second kappa shape index (κ2) is 6.14. The number of rotatable bonds is 6. The summed E-state index contributed by atoms with van der Waals surface area (Å²) in [6, 6.07) is 8.13. The first kappa shape index (κ1) is 18.3. The molecular weight excluding hydrogens is 394 g/mol. The molecule has 4 atom stereocenters. The van der Waals surface area contributed by atoms with Crippen LogP contribution in [0.5, 0.6) is 0 Å². The summed E-state index contributed by atoms with van der Waals surface area (Å²) in [4.78, 5) is 13.8. The maximum absolute atomic E-state index is 11.0. The highest BCUT2D eigenvalue weighted by Crippen LogP contribution is 2.48. The molecule has 0 aliphatic rings. The molecule has 0 bridgehead atoms. The number of aliphatic hydroxyl groups is 5. The zero-order valence-corrected chi connectivity index (χ0v) is 14.0. The van der Waals surface area contributed by atoms with Gasteiger partial charge in [-0.25, -0.2) is 0 Å². The van der Waals surface area contributed by atoms with Crippen LogP contribution in [0.15, 0.2) is 30.3 Å². The Morgan fingerprint density at radius 3 is 2.43 bits per heavy atom. The monoisotopic (exact) mass is 407 g/mol. The zero-order chi connectivity index (χ0) is 17.5. The van der Waals surface area contributed by atoms with E-state index in [4.69, 9.17) is 11.6 Å². The van der Waals surface area contributed by atoms with Gasteiger partial charge in [-0.3, -0.25) is 0 Å². The fourth-order valence-electron chi connectivity index (χ4n) is 2.31. The number of fused-ring (bicyclic) bond motifs is 1. The molecule has 0 spiro atoms. The fraction of sp³-hybridized carbons (Fsp3) is 0.357. The van der Waals surface area contributed by atoms with Gasteiger partial charge < -0.3 is 35.3 Å². The van der Waals surface area contributed by atoms with Crippen molar-refractivity contribution in [2.45, 2.75) is 21.3 Å². The van der Waals surface area contributed by atoms with Crippen LogP contribution >= 0.6 is 27.5 Å². The van der Waals surface area contributed by atoms with Crippen molar-refractivity contribution in [3.8, 4) is 0 Å². The van der Waals surface area contributed by atoms with Crippen LogP contribution in [0.3, 0.4) is 0 Å². The van der Waals surface area contributed by atoms with Crippen LogP contribution in [-0.2, 0) is 10.4 Å². The highest BCUT2D eigenvalue weighted by Gasteiger charge is 2.65. The summed E-state index contributed by atoms with van der Waals surface area (Å²) in [6.45, 7) is -1.11. The van der Waals surface area contributed by atoms with Crippen molar-refractivity contribution in [2.75, 3.05) is 6.61 Å². The van der Waals surface area contributed by atoms with Crippen molar-refractivity contribution in [1.82, 2.24) is 4.98 Å². The second-order valence-electron chi connectivity index (χ2n) is 5.16. The van der Waals surface area contributed by atoms with E-state index in [0.29, 0.717) is 10.9 Å². The van der Waals surface area contributed by atoms with Crippen molar-refractivity contribution in [3.05, 3.63) is 36.0 Å². The smallest absolute Gasteiger partial charge is 0.217 e. The number of carbonyl (C=O) groups is 1. The standard InChI is InChI=1S/C14H15BrClNO6/c15-12(21,7-19)14(16,23)13(22,11(20)6-18)10-5-8-3-1-2-4-9(8)17-10/h1-6,11,17,19-23H,7H2/t11?,12-,13?,14-/m1/s1. The molecular formula is C14H15BrClNO6. The van der Waals surface area contributed by atoms with Gasteiger partial charge in [-0.1, -0.05) is 29.8 Å². The summed E-state index contributed by atoms with van der Waals surface area (Å²) >= 11 is 8.48. The van der Waals surface area contributed by atoms with Crippen molar-refractivity contribution in [1.29, 1.82) is 0 Å². The second-order valence-corrected chi connectivity index (χ2v) is 7.02. The number of benzene rings is 1. The molecule has 2 aromatic rings. The molecule has 9 heteroatoms. The van der Waals surface area contributed by atoms with E-state index in [2.05, 4.69) is 20.9 Å². The molecule has 0 radical (unpaired) electrons. The van der Waals surface area contributed by atoms with Gasteiger partial charge >= 0.3 is 0 Å². The Labute approximate surface area is 144 Å². The van der Waals surface area contributed by atoms with Crippen LogP contribution in [0.4, 0.5) is 0 Å². The lowest BCUT2D eigenvalue weighted by Crippen LogP contribution is -2.66. The van der Waals surface area contributed by atoms with E-state index < -0.39 is 27.9 Å². The number of aldehydes is 1. The number of nitrogens with one attached hydrogen (secondary N) is 1. The van der Waals surface area contributed by atoms with E-state index in [1.807, 2.05) is 0 Å². The molecule has 2 unspecified atom stereocenters. The average Bonchev–Trinajstić information content (AvgIpc) is 2.97. The summed E-state index contributed by atoms with van der Waals surface area (Å²) < 4.78 is -2.61. The summed E-state index contributed by atoms with van der Waals surface area (Å²) in [6.07, 6.45) is -2.24. The number of carbonyl (C=O) groups excluding carboxylic acids is 1. The Hall–Kier alpha value is -1.000. The number of H-pyrrole nitrogens is 1. The summed E-state index contributed by atoms with van der Waals surface area (Å²) in [5.74, 6) is 0. The first-order valence-electron chi connectivity index (χ1n) is 6.49.